The number of aliphatic hydroxyl groups excluding tert-OH is 1. The van der Waals surface area contributed by atoms with Gasteiger partial charge in [0.2, 0.25) is 0 Å². The smallest absolute Gasteiger partial charge is 0.136 e. The fourth-order valence-electron chi connectivity index (χ4n) is 4.35. The van der Waals surface area contributed by atoms with Crippen molar-refractivity contribution < 1.29 is 14.6 Å². The van der Waals surface area contributed by atoms with Crippen LogP contribution in [-0.4, -0.2) is 40.0 Å². The largest absolute Gasteiger partial charge is 0.508 e. The fourth-order valence-corrected chi connectivity index (χ4v) is 5.74. The summed E-state index contributed by atoms with van der Waals surface area (Å²) in [5.41, 5.74) is 0.841. The van der Waals surface area contributed by atoms with Gasteiger partial charge in [-0.25, -0.2) is 4.39 Å². The number of likely N-dealkylation sites (tertiary alicyclic amines) is 1. The van der Waals surface area contributed by atoms with Crippen molar-refractivity contribution >= 4 is 11.8 Å². The predicted molar refractivity (Wildman–Crippen MR) is 102 cm³/mol. The molecule has 2 fully saturated rings. The highest BCUT2D eigenvalue weighted by Crippen LogP contribution is 2.45. The molecule has 2 aromatic carbocycles. The molecule has 3 nitrogen and oxygen atoms in total. The standard InChI is InChI=1S/C21H24FNO2S/c22-19-3-1-2-4-21(19)26-18-9-15-11-23(12-16(15)10-18)13-20(25)14-5-7-17(24)8-6-14/h1-8,15-16,18,20,24-25H,9-13H2/t15-,16+,18?,20?. The molecule has 1 aliphatic carbocycles. The highest BCUT2D eigenvalue weighted by atomic mass is 32.2. The van der Waals surface area contributed by atoms with Crippen LogP contribution in [0.25, 0.3) is 0 Å². The fraction of sp³-hybridized carbons (Fsp3) is 0.429. The zero-order chi connectivity index (χ0) is 18.1. The van der Waals surface area contributed by atoms with Crippen molar-refractivity contribution in [2.75, 3.05) is 19.6 Å². The molecule has 2 unspecified atom stereocenters. The van der Waals surface area contributed by atoms with Gasteiger partial charge in [0, 0.05) is 29.8 Å². The summed E-state index contributed by atoms with van der Waals surface area (Å²) in [7, 11) is 0. The Balaban J connectivity index is 1.29. The van der Waals surface area contributed by atoms with Crippen LogP contribution in [0, 0.1) is 17.7 Å². The third-order valence-electron chi connectivity index (χ3n) is 5.62. The normalized spacial score (nSPS) is 26.8. The number of phenols is 1. The van der Waals surface area contributed by atoms with Gasteiger partial charge in [0.25, 0.3) is 0 Å². The van der Waals surface area contributed by atoms with E-state index in [0.29, 0.717) is 23.6 Å². The molecule has 0 spiro atoms. The van der Waals surface area contributed by atoms with Gasteiger partial charge < -0.3 is 10.2 Å². The molecule has 0 bridgehead atoms. The number of rotatable bonds is 5. The molecule has 26 heavy (non-hydrogen) atoms. The molecule has 0 aromatic heterocycles. The van der Waals surface area contributed by atoms with E-state index in [1.54, 1.807) is 42.1 Å². The topological polar surface area (TPSA) is 43.7 Å². The quantitative estimate of drug-likeness (QED) is 0.829. The van der Waals surface area contributed by atoms with Crippen molar-refractivity contribution in [3.8, 4) is 5.75 Å². The van der Waals surface area contributed by atoms with E-state index < -0.39 is 6.10 Å². The molecule has 5 heteroatoms. The van der Waals surface area contributed by atoms with E-state index in [1.165, 1.54) is 6.07 Å². The summed E-state index contributed by atoms with van der Waals surface area (Å²) in [4.78, 5) is 3.11. The van der Waals surface area contributed by atoms with Crippen molar-refractivity contribution in [3.05, 3.63) is 59.9 Å². The van der Waals surface area contributed by atoms with E-state index >= 15 is 0 Å². The van der Waals surface area contributed by atoms with Gasteiger partial charge in [-0.05, 0) is 54.5 Å². The van der Waals surface area contributed by atoms with Crippen molar-refractivity contribution in [2.45, 2.75) is 29.1 Å². The molecule has 4 rings (SSSR count). The van der Waals surface area contributed by atoms with Crippen molar-refractivity contribution in [2.24, 2.45) is 11.8 Å². The lowest BCUT2D eigenvalue weighted by Gasteiger charge is -2.22. The minimum absolute atomic E-state index is 0.117. The number of fused-ring (bicyclic) bond motifs is 1. The van der Waals surface area contributed by atoms with Crippen LogP contribution in [0.2, 0.25) is 0 Å². The molecule has 1 saturated carbocycles. The third kappa shape index (κ3) is 3.90. The van der Waals surface area contributed by atoms with E-state index in [4.69, 9.17) is 0 Å². The number of thioether (sulfide) groups is 1. The van der Waals surface area contributed by atoms with Crippen molar-refractivity contribution in [1.82, 2.24) is 4.90 Å². The van der Waals surface area contributed by atoms with E-state index in [9.17, 15) is 14.6 Å². The first-order valence-corrected chi connectivity index (χ1v) is 10.1. The Morgan fingerprint density at radius 2 is 1.69 bits per heavy atom. The number of β-amino-alcohol motifs (C(OH)–C–C–N with tert-alkyl or cyclic N) is 1. The first-order valence-electron chi connectivity index (χ1n) is 9.19. The number of hydrogen-bond acceptors (Lipinski definition) is 4. The van der Waals surface area contributed by atoms with E-state index in [-0.39, 0.29) is 11.6 Å². The van der Waals surface area contributed by atoms with Crippen LogP contribution in [0.4, 0.5) is 4.39 Å². The molecular weight excluding hydrogens is 349 g/mol. The Labute approximate surface area is 157 Å². The summed E-state index contributed by atoms with van der Waals surface area (Å²) in [6.45, 7) is 2.64. The molecule has 0 amide bonds. The average Bonchev–Trinajstić information content (AvgIpc) is 3.15. The second kappa shape index (κ2) is 7.59. The Hall–Kier alpha value is -1.56. The molecule has 138 valence electrons. The number of nitrogens with zero attached hydrogens (tertiary/aromatic N) is 1. The Morgan fingerprint density at radius 1 is 1.04 bits per heavy atom. The number of benzene rings is 2. The number of aromatic hydroxyl groups is 1. The van der Waals surface area contributed by atoms with Crippen LogP contribution >= 0.6 is 11.8 Å². The van der Waals surface area contributed by atoms with Gasteiger partial charge in [-0.1, -0.05) is 24.3 Å². The molecule has 4 atom stereocenters. The summed E-state index contributed by atoms with van der Waals surface area (Å²) in [6.07, 6.45) is 1.71. The Kier molecular flexibility index (Phi) is 5.20. The van der Waals surface area contributed by atoms with Gasteiger partial charge in [-0.2, -0.15) is 0 Å². The molecule has 1 heterocycles. The molecule has 2 aliphatic rings. The van der Waals surface area contributed by atoms with Crippen molar-refractivity contribution in [3.63, 3.8) is 0 Å². The van der Waals surface area contributed by atoms with Crippen LogP contribution in [0.5, 0.6) is 5.75 Å². The van der Waals surface area contributed by atoms with Crippen molar-refractivity contribution in [1.29, 1.82) is 0 Å². The van der Waals surface area contributed by atoms with Crippen LogP contribution in [-0.2, 0) is 0 Å². The molecule has 2 N–H and O–H groups in total. The minimum atomic E-state index is -0.530. The first kappa shape index (κ1) is 17.8. The maximum absolute atomic E-state index is 13.9. The van der Waals surface area contributed by atoms with E-state index in [0.717, 1.165) is 36.4 Å². The number of halogens is 1. The summed E-state index contributed by atoms with van der Waals surface area (Å²) < 4.78 is 13.9. The zero-order valence-corrected chi connectivity index (χ0v) is 15.4. The van der Waals surface area contributed by atoms with Crippen LogP contribution in [0.3, 0.4) is 0 Å². The molecule has 0 radical (unpaired) electrons. The highest BCUT2D eigenvalue weighted by Gasteiger charge is 2.41. The Bertz CT molecular complexity index is 740. The third-order valence-corrected chi connectivity index (χ3v) is 6.93. The SMILES string of the molecule is Oc1ccc(C(O)CN2C[C@H]3CC(Sc4ccccc4F)C[C@H]3C2)cc1. The summed E-state index contributed by atoms with van der Waals surface area (Å²) in [5.74, 6) is 1.39. The second-order valence-corrected chi connectivity index (χ2v) is 8.83. The highest BCUT2D eigenvalue weighted by molar-refractivity contribution is 8.00. The summed E-state index contributed by atoms with van der Waals surface area (Å²) in [5, 5.41) is 20.3. The average molecular weight is 373 g/mol. The lowest BCUT2D eigenvalue weighted by Crippen LogP contribution is -2.28. The van der Waals surface area contributed by atoms with Crippen LogP contribution in [0.15, 0.2) is 53.4 Å². The maximum atomic E-state index is 13.9. The van der Waals surface area contributed by atoms with E-state index in [2.05, 4.69) is 4.90 Å². The predicted octanol–water partition coefficient (Wildman–Crippen LogP) is 4.07. The first-order chi connectivity index (χ1) is 12.6. The lowest BCUT2D eigenvalue weighted by atomic mass is 10.0. The monoisotopic (exact) mass is 373 g/mol. The van der Waals surface area contributed by atoms with Gasteiger partial charge in [-0.3, -0.25) is 4.90 Å². The number of aliphatic hydroxyl groups is 1. The molecule has 1 aliphatic heterocycles. The lowest BCUT2D eigenvalue weighted by molar-refractivity contribution is 0.122. The zero-order valence-electron chi connectivity index (χ0n) is 14.6. The maximum Gasteiger partial charge on any atom is 0.136 e. The van der Waals surface area contributed by atoms with Crippen LogP contribution in [0.1, 0.15) is 24.5 Å². The molecule has 2 aromatic rings. The van der Waals surface area contributed by atoms with Gasteiger partial charge in [0.15, 0.2) is 0 Å². The van der Waals surface area contributed by atoms with Gasteiger partial charge in [-0.15, -0.1) is 11.8 Å². The van der Waals surface area contributed by atoms with Gasteiger partial charge >= 0.3 is 0 Å². The van der Waals surface area contributed by atoms with Gasteiger partial charge in [0.1, 0.15) is 11.6 Å². The molecule has 1 saturated heterocycles. The van der Waals surface area contributed by atoms with Gasteiger partial charge in [0.05, 0.1) is 6.10 Å². The summed E-state index contributed by atoms with van der Waals surface area (Å²) in [6, 6.07) is 13.8. The summed E-state index contributed by atoms with van der Waals surface area (Å²) >= 11 is 1.68. The van der Waals surface area contributed by atoms with Crippen LogP contribution < -0.4 is 0 Å². The second-order valence-electron chi connectivity index (χ2n) is 7.49. The Morgan fingerprint density at radius 3 is 2.35 bits per heavy atom. The number of phenolic OH excluding ortho intramolecular Hbond substituents is 1. The molecular formula is C21H24FNO2S. The minimum Gasteiger partial charge on any atom is -0.508 e. The van der Waals surface area contributed by atoms with E-state index in [1.807, 2.05) is 12.1 Å². The number of hydrogen-bond donors (Lipinski definition) is 2.